The van der Waals surface area contributed by atoms with E-state index in [-0.39, 0.29) is 0 Å². The molecule has 0 saturated carbocycles. The molecule has 1 rings (SSSR count). The number of ether oxygens (including phenoxy) is 1. The van der Waals surface area contributed by atoms with Crippen LogP contribution in [0.15, 0.2) is 24.3 Å². The predicted molar refractivity (Wildman–Crippen MR) is 82.9 cm³/mol. The van der Waals surface area contributed by atoms with Gasteiger partial charge in [-0.15, -0.1) is 0 Å². The lowest BCUT2D eigenvalue weighted by atomic mass is 10.0. The number of benzene rings is 1. The molecule has 0 radical (unpaired) electrons. The summed E-state index contributed by atoms with van der Waals surface area (Å²) in [5.41, 5.74) is 1.34. The maximum Gasteiger partial charge on any atom is 0.122 e. The summed E-state index contributed by atoms with van der Waals surface area (Å²) in [4.78, 5) is 0. The summed E-state index contributed by atoms with van der Waals surface area (Å²) in [7, 11) is 0. The SMILES string of the molecule is CCCOc1ccccc1CCC(CCC)NCC. The van der Waals surface area contributed by atoms with E-state index in [1.54, 1.807) is 0 Å². The Morgan fingerprint density at radius 3 is 2.53 bits per heavy atom. The Labute approximate surface area is 118 Å². The molecule has 1 atom stereocenters. The Morgan fingerprint density at radius 2 is 1.84 bits per heavy atom. The number of hydrogen-bond acceptors (Lipinski definition) is 2. The van der Waals surface area contributed by atoms with Crippen molar-refractivity contribution in [3.63, 3.8) is 0 Å². The van der Waals surface area contributed by atoms with Gasteiger partial charge in [-0.2, -0.15) is 0 Å². The van der Waals surface area contributed by atoms with Crippen molar-refractivity contribution in [1.29, 1.82) is 0 Å². The predicted octanol–water partition coefficient (Wildman–Crippen LogP) is 4.19. The smallest absolute Gasteiger partial charge is 0.122 e. The number of para-hydroxylation sites is 1. The van der Waals surface area contributed by atoms with Gasteiger partial charge in [-0.05, 0) is 43.9 Å². The first-order valence-corrected chi connectivity index (χ1v) is 7.75. The van der Waals surface area contributed by atoms with Crippen LogP contribution in [0.5, 0.6) is 5.75 Å². The second kappa shape index (κ2) is 9.85. The molecule has 0 aliphatic rings. The summed E-state index contributed by atoms with van der Waals surface area (Å²) in [6.07, 6.45) is 5.84. The Hall–Kier alpha value is -1.02. The molecule has 108 valence electrons. The Morgan fingerprint density at radius 1 is 1.05 bits per heavy atom. The number of hydrogen-bond donors (Lipinski definition) is 1. The molecule has 2 nitrogen and oxygen atoms in total. The van der Waals surface area contributed by atoms with Crippen LogP contribution in [-0.4, -0.2) is 19.2 Å². The highest BCUT2D eigenvalue weighted by atomic mass is 16.5. The number of nitrogens with one attached hydrogen (secondary N) is 1. The number of aryl methyl sites for hydroxylation is 1. The molecule has 19 heavy (non-hydrogen) atoms. The average molecular weight is 263 g/mol. The fraction of sp³-hybridized carbons (Fsp3) is 0.647. The molecular weight excluding hydrogens is 234 g/mol. The van der Waals surface area contributed by atoms with Gasteiger partial charge in [0.25, 0.3) is 0 Å². The van der Waals surface area contributed by atoms with Crippen LogP contribution in [0.1, 0.15) is 52.0 Å². The molecule has 0 aliphatic carbocycles. The van der Waals surface area contributed by atoms with Gasteiger partial charge >= 0.3 is 0 Å². The van der Waals surface area contributed by atoms with Crippen molar-refractivity contribution in [2.75, 3.05) is 13.2 Å². The molecule has 0 aliphatic heterocycles. The molecule has 2 heteroatoms. The summed E-state index contributed by atoms with van der Waals surface area (Å²) >= 11 is 0. The zero-order valence-corrected chi connectivity index (χ0v) is 12.7. The molecule has 0 saturated heterocycles. The van der Waals surface area contributed by atoms with Crippen molar-refractivity contribution >= 4 is 0 Å². The van der Waals surface area contributed by atoms with Crippen molar-refractivity contribution in [1.82, 2.24) is 5.32 Å². The Balaban J connectivity index is 2.54. The van der Waals surface area contributed by atoms with E-state index < -0.39 is 0 Å². The lowest BCUT2D eigenvalue weighted by Gasteiger charge is -2.18. The molecule has 0 aromatic heterocycles. The molecule has 0 amide bonds. The molecule has 0 fully saturated rings. The quantitative estimate of drug-likeness (QED) is 0.683. The van der Waals surface area contributed by atoms with E-state index in [2.05, 4.69) is 50.4 Å². The molecular formula is C17H29NO. The third-order valence-corrected chi connectivity index (χ3v) is 3.33. The second-order valence-corrected chi connectivity index (χ2v) is 5.04. The van der Waals surface area contributed by atoms with Crippen LogP contribution >= 0.6 is 0 Å². The van der Waals surface area contributed by atoms with Gasteiger partial charge in [0.15, 0.2) is 0 Å². The zero-order chi connectivity index (χ0) is 13.9. The van der Waals surface area contributed by atoms with E-state index in [1.807, 2.05) is 0 Å². The Bertz CT molecular complexity index is 332. The maximum absolute atomic E-state index is 5.82. The van der Waals surface area contributed by atoms with E-state index in [4.69, 9.17) is 4.74 Å². The first-order valence-electron chi connectivity index (χ1n) is 7.75. The van der Waals surface area contributed by atoms with Gasteiger partial charge in [-0.3, -0.25) is 0 Å². The highest BCUT2D eigenvalue weighted by molar-refractivity contribution is 5.33. The fourth-order valence-corrected chi connectivity index (χ4v) is 2.38. The van der Waals surface area contributed by atoms with Crippen LogP contribution in [0.4, 0.5) is 0 Å². The van der Waals surface area contributed by atoms with Crippen LogP contribution in [-0.2, 0) is 6.42 Å². The van der Waals surface area contributed by atoms with Crippen molar-refractivity contribution in [2.24, 2.45) is 0 Å². The van der Waals surface area contributed by atoms with E-state index in [1.165, 1.54) is 24.8 Å². The highest BCUT2D eigenvalue weighted by Crippen LogP contribution is 2.21. The summed E-state index contributed by atoms with van der Waals surface area (Å²) < 4.78 is 5.82. The van der Waals surface area contributed by atoms with Gasteiger partial charge in [0.2, 0.25) is 0 Å². The minimum absolute atomic E-state index is 0.634. The van der Waals surface area contributed by atoms with Gasteiger partial charge in [0.1, 0.15) is 5.75 Å². The van der Waals surface area contributed by atoms with Gasteiger partial charge in [0.05, 0.1) is 6.61 Å². The van der Waals surface area contributed by atoms with Gasteiger partial charge in [-0.1, -0.05) is 45.4 Å². The van der Waals surface area contributed by atoms with E-state index in [0.717, 1.165) is 31.7 Å². The monoisotopic (exact) mass is 263 g/mol. The van der Waals surface area contributed by atoms with Gasteiger partial charge in [0, 0.05) is 6.04 Å². The molecule has 1 N–H and O–H groups in total. The van der Waals surface area contributed by atoms with Crippen LogP contribution < -0.4 is 10.1 Å². The van der Waals surface area contributed by atoms with Gasteiger partial charge in [-0.25, -0.2) is 0 Å². The molecule has 0 heterocycles. The lowest BCUT2D eigenvalue weighted by molar-refractivity contribution is 0.313. The summed E-state index contributed by atoms with van der Waals surface area (Å²) in [5, 5.41) is 3.58. The highest BCUT2D eigenvalue weighted by Gasteiger charge is 2.08. The van der Waals surface area contributed by atoms with Crippen LogP contribution in [0, 0.1) is 0 Å². The third-order valence-electron chi connectivity index (χ3n) is 3.33. The largest absolute Gasteiger partial charge is 0.493 e. The average Bonchev–Trinajstić information content (AvgIpc) is 2.44. The minimum Gasteiger partial charge on any atom is -0.493 e. The van der Waals surface area contributed by atoms with Crippen molar-refractivity contribution in [3.05, 3.63) is 29.8 Å². The summed E-state index contributed by atoms with van der Waals surface area (Å²) in [6, 6.07) is 9.08. The second-order valence-electron chi connectivity index (χ2n) is 5.04. The molecule has 1 aromatic rings. The number of rotatable bonds is 10. The normalized spacial score (nSPS) is 12.4. The molecule has 1 aromatic carbocycles. The molecule has 0 bridgehead atoms. The third kappa shape index (κ3) is 6.11. The maximum atomic E-state index is 5.82. The van der Waals surface area contributed by atoms with Gasteiger partial charge < -0.3 is 10.1 Å². The van der Waals surface area contributed by atoms with Crippen molar-refractivity contribution in [2.45, 2.75) is 58.9 Å². The van der Waals surface area contributed by atoms with Crippen molar-refractivity contribution < 1.29 is 4.74 Å². The van der Waals surface area contributed by atoms with Crippen LogP contribution in [0.2, 0.25) is 0 Å². The minimum atomic E-state index is 0.634. The fourth-order valence-electron chi connectivity index (χ4n) is 2.38. The molecule has 0 spiro atoms. The summed E-state index contributed by atoms with van der Waals surface area (Å²) in [5.74, 6) is 1.07. The van der Waals surface area contributed by atoms with E-state index in [9.17, 15) is 0 Å². The first kappa shape index (κ1) is 16.0. The van der Waals surface area contributed by atoms with E-state index in [0.29, 0.717) is 6.04 Å². The topological polar surface area (TPSA) is 21.3 Å². The van der Waals surface area contributed by atoms with Crippen LogP contribution in [0.25, 0.3) is 0 Å². The van der Waals surface area contributed by atoms with Crippen molar-refractivity contribution in [3.8, 4) is 5.75 Å². The van der Waals surface area contributed by atoms with E-state index >= 15 is 0 Å². The standard InChI is InChI=1S/C17H29NO/c1-4-9-16(18-6-3)13-12-15-10-7-8-11-17(15)19-14-5-2/h7-8,10-11,16,18H,4-6,9,12-14H2,1-3H3. The molecule has 1 unspecified atom stereocenters. The van der Waals surface area contributed by atoms with Crippen LogP contribution in [0.3, 0.4) is 0 Å². The Kier molecular flexibility index (Phi) is 8.31. The zero-order valence-electron chi connectivity index (χ0n) is 12.7. The summed E-state index contributed by atoms with van der Waals surface area (Å²) in [6.45, 7) is 8.44. The lowest BCUT2D eigenvalue weighted by Crippen LogP contribution is -2.29. The first-order chi connectivity index (χ1) is 9.31.